The number of nitrogens with one attached hydrogen (secondary N) is 2. The maximum atomic E-state index is 15.4. The van der Waals surface area contributed by atoms with Crippen LogP contribution in [0.3, 0.4) is 0 Å². The minimum absolute atomic E-state index is 0.00599. The second-order valence-electron chi connectivity index (χ2n) is 14.3. The number of aliphatic hydroxyl groups excluding tert-OH is 1. The summed E-state index contributed by atoms with van der Waals surface area (Å²) in [5.41, 5.74) is -0.755. The first-order valence-corrected chi connectivity index (χ1v) is 16.6. The average molecular weight is 715 g/mol. The van der Waals surface area contributed by atoms with Crippen LogP contribution < -0.4 is 10.6 Å². The summed E-state index contributed by atoms with van der Waals surface area (Å²) in [4.78, 5) is 45.5. The smallest absolute Gasteiger partial charge is 0.410 e. The van der Waals surface area contributed by atoms with Gasteiger partial charge in [-0.1, -0.05) is 24.3 Å². The molecule has 0 radical (unpaired) electrons. The third-order valence-electron chi connectivity index (χ3n) is 7.81. The number of hydrogen-bond acceptors (Lipinski definition) is 8. The molecule has 2 heterocycles. The zero-order valence-electron chi connectivity index (χ0n) is 29.5. The van der Waals surface area contributed by atoms with Crippen LogP contribution in [0.4, 0.5) is 28.4 Å². The highest BCUT2D eigenvalue weighted by atomic mass is 19.1. The largest absolute Gasteiger partial charge is 0.444 e. The molecule has 0 spiro atoms. The lowest BCUT2D eigenvalue weighted by atomic mass is 9.84. The standard InChI is InChI=1S/C37H45F3N4O7/c1-36(2,3)50-34(47)43-32(31(22-7-11-24(38)12-8-22)23-9-13-25(39)14-10-23)33(46)42-30-18-41-17-29(40)28(30)16-15-26-19-44(20-27(21-45)49-26)35(48)51-37(4,5)6/h7-14,17-18,26-27,31-32,45H,15-16,19-21H2,1-6H3,(H,42,46)(H,43,47). The Kier molecular flexibility index (Phi) is 12.7. The Morgan fingerprint density at radius 3 is 1.96 bits per heavy atom. The van der Waals surface area contributed by atoms with Gasteiger partial charge in [0.1, 0.15) is 34.7 Å². The van der Waals surface area contributed by atoms with Crippen LogP contribution in [0.25, 0.3) is 0 Å². The number of rotatable bonds is 10. The normalized spacial score (nSPS) is 17.1. The summed E-state index contributed by atoms with van der Waals surface area (Å²) in [5.74, 6) is -3.56. The number of carbonyl (C=O) groups excluding carboxylic acids is 3. The van der Waals surface area contributed by atoms with Gasteiger partial charge in [0.25, 0.3) is 0 Å². The summed E-state index contributed by atoms with van der Waals surface area (Å²) in [6, 6.07) is 9.13. The van der Waals surface area contributed by atoms with E-state index in [1.165, 1.54) is 59.6 Å². The molecule has 11 nitrogen and oxygen atoms in total. The molecule has 1 aliphatic rings. The maximum absolute atomic E-state index is 15.4. The lowest BCUT2D eigenvalue weighted by Crippen LogP contribution is -2.52. The fourth-order valence-corrected chi connectivity index (χ4v) is 5.65. The van der Waals surface area contributed by atoms with Crippen molar-refractivity contribution in [3.63, 3.8) is 0 Å². The minimum Gasteiger partial charge on any atom is -0.444 e. The molecule has 3 amide bonds. The van der Waals surface area contributed by atoms with Gasteiger partial charge in [-0.05, 0) is 89.8 Å². The number of ether oxygens (including phenoxy) is 3. The van der Waals surface area contributed by atoms with Crippen LogP contribution >= 0.6 is 0 Å². The summed E-state index contributed by atoms with van der Waals surface area (Å²) in [7, 11) is 0. The molecule has 4 rings (SSSR count). The van der Waals surface area contributed by atoms with Crippen LogP contribution in [0.15, 0.2) is 60.9 Å². The number of aromatic nitrogens is 1. The first-order valence-electron chi connectivity index (χ1n) is 16.6. The van der Waals surface area contributed by atoms with Gasteiger partial charge in [0.05, 0.1) is 50.0 Å². The highest BCUT2D eigenvalue weighted by Crippen LogP contribution is 2.31. The van der Waals surface area contributed by atoms with Gasteiger partial charge in [0.2, 0.25) is 5.91 Å². The van der Waals surface area contributed by atoms with Crippen molar-refractivity contribution in [3.8, 4) is 0 Å². The fourth-order valence-electron chi connectivity index (χ4n) is 5.65. The molecule has 2 aromatic carbocycles. The van der Waals surface area contributed by atoms with Crippen LogP contribution in [0.1, 0.15) is 70.6 Å². The summed E-state index contributed by atoms with van der Waals surface area (Å²) in [6.07, 6.45) is -0.334. The number of benzene rings is 2. The maximum Gasteiger partial charge on any atom is 0.410 e. The average Bonchev–Trinajstić information content (AvgIpc) is 3.04. The molecule has 0 saturated carbocycles. The number of anilines is 1. The van der Waals surface area contributed by atoms with Gasteiger partial charge in [-0.25, -0.2) is 22.8 Å². The van der Waals surface area contributed by atoms with E-state index in [1.807, 2.05) is 0 Å². The molecule has 3 N–H and O–H groups in total. The Morgan fingerprint density at radius 1 is 0.882 bits per heavy atom. The number of nitrogens with zero attached hydrogens (tertiary/aromatic N) is 2. The molecule has 0 bridgehead atoms. The first-order chi connectivity index (χ1) is 23.9. The molecule has 1 aliphatic heterocycles. The van der Waals surface area contributed by atoms with Crippen molar-refractivity contribution in [1.29, 1.82) is 0 Å². The van der Waals surface area contributed by atoms with Gasteiger partial charge in [-0.3, -0.25) is 9.78 Å². The second-order valence-corrected chi connectivity index (χ2v) is 14.3. The van der Waals surface area contributed by atoms with Crippen molar-refractivity contribution in [2.45, 2.75) is 89.8 Å². The number of hydrogen-bond donors (Lipinski definition) is 3. The molecule has 51 heavy (non-hydrogen) atoms. The van der Waals surface area contributed by atoms with E-state index < -0.39 is 70.9 Å². The SMILES string of the molecule is CC(C)(C)OC(=O)NC(C(=O)Nc1cncc(F)c1CCC1CN(C(=O)OC(C)(C)C)CC(CO)O1)C(c1ccc(F)cc1)c1ccc(F)cc1. The van der Waals surface area contributed by atoms with Gasteiger partial charge >= 0.3 is 12.2 Å². The number of aliphatic hydroxyl groups is 1. The summed E-state index contributed by atoms with van der Waals surface area (Å²) in [6.45, 7) is 10.0. The Labute approximate surface area is 295 Å². The molecular weight excluding hydrogens is 669 g/mol. The van der Waals surface area contributed by atoms with Crippen molar-refractivity contribution in [2.24, 2.45) is 0 Å². The molecule has 14 heteroatoms. The van der Waals surface area contributed by atoms with Gasteiger partial charge in [0, 0.05) is 11.5 Å². The van der Waals surface area contributed by atoms with Gasteiger partial charge < -0.3 is 34.9 Å². The molecule has 3 atom stereocenters. The Hall–Kier alpha value is -4.69. The Morgan fingerprint density at radius 2 is 1.43 bits per heavy atom. The molecule has 3 unspecified atom stereocenters. The van der Waals surface area contributed by atoms with Gasteiger partial charge in [0.15, 0.2) is 0 Å². The number of pyridine rings is 1. The Bertz CT molecular complexity index is 1620. The molecule has 1 saturated heterocycles. The van der Waals surface area contributed by atoms with E-state index in [9.17, 15) is 28.3 Å². The highest BCUT2D eigenvalue weighted by molar-refractivity contribution is 5.98. The second kappa shape index (κ2) is 16.6. The number of alkyl carbamates (subject to hydrolysis) is 1. The number of carbonyl (C=O) groups is 3. The van der Waals surface area contributed by atoms with E-state index in [2.05, 4.69) is 15.6 Å². The van der Waals surface area contributed by atoms with Crippen LogP contribution in [-0.4, -0.2) is 82.2 Å². The number of halogens is 3. The fraction of sp³-hybridized carbons (Fsp3) is 0.459. The zero-order valence-corrected chi connectivity index (χ0v) is 29.5. The zero-order chi connectivity index (χ0) is 37.5. The lowest BCUT2D eigenvalue weighted by molar-refractivity contribution is -0.118. The van der Waals surface area contributed by atoms with Crippen LogP contribution in [-0.2, 0) is 25.4 Å². The summed E-state index contributed by atoms with van der Waals surface area (Å²) in [5, 5.41) is 15.1. The van der Waals surface area contributed by atoms with Crippen LogP contribution in [0, 0.1) is 17.5 Å². The topological polar surface area (TPSA) is 139 Å². The number of amides is 3. The van der Waals surface area contributed by atoms with Crippen molar-refractivity contribution >= 4 is 23.8 Å². The molecule has 1 aromatic heterocycles. The molecule has 3 aromatic rings. The predicted octanol–water partition coefficient (Wildman–Crippen LogP) is 6.09. The predicted molar refractivity (Wildman–Crippen MR) is 183 cm³/mol. The van der Waals surface area contributed by atoms with E-state index in [1.54, 1.807) is 41.5 Å². The highest BCUT2D eigenvalue weighted by Gasteiger charge is 2.36. The van der Waals surface area contributed by atoms with Crippen LogP contribution in [0.5, 0.6) is 0 Å². The van der Waals surface area contributed by atoms with E-state index >= 15 is 4.39 Å². The number of morpholine rings is 1. The monoisotopic (exact) mass is 714 g/mol. The van der Waals surface area contributed by atoms with Gasteiger partial charge in [-0.15, -0.1) is 0 Å². The Balaban J connectivity index is 1.64. The van der Waals surface area contributed by atoms with Crippen molar-refractivity contribution in [1.82, 2.24) is 15.2 Å². The van der Waals surface area contributed by atoms with Crippen molar-refractivity contribution in [3.05, 3.63) is 95.1 Å². The lowest BCUT2D eigenvalue weighted by Gasteiger charge is -2.38. The molecular formula is C37H45F3N4O7. The summed E-state index contributed by atoms with van der Waals surface area (Å²) < 4.78 is 60.3. The minimum atomic E-state index is -1.43. The third-order valence-corrected chi connectivity index (χ3v) is 7.81. The van der Waals surface area contributed by atoms with E-state index in [4.69, 9.17) is 14.2 Å². The van der Waals surface area contributed by atoms with Crippen LogP contribution in [0.2, 0.25) is 0 Å². The van der Waals surface area contributed by atoms with Crippen molar-refractivity contribution < 1.29 is 46.9 Å². The van der Waals surface area contributed by atoms with E-state index in [0.717, 1.165) is 6.20 Å². The third kappa shape index (κ3) is 11.4. The van der Waals surface area contributed by atoms with Gasteiger partial charge in [-0.2, -0.15) is 0 Å². The summed E-state index contributed by atoms with van der Waals surface area (Å²) >= 11 is 0. The molecule has 1 fully saturated rings. The first kappa shape index (κ1) is 39.1. The van der Waals surface area contributed by atoms with E-state index in [0.29, 0.717) is 11.1 Å². The molecule has 276 valence electrons. The van der Waals surface area contributed by atoms with Crippen molar-refractivity contribution in [2.75, 3.05) is 25.0 Å². The molecule has 0 aliphatic carbocycles. The van der Waals surface area contributed by atoms with E-state index in [-0.39, 0.29) is 43.8 Å². The quantitative estimate of drug-likeness (QED) is 0.229.